The number of benzene rings is 3. The fourth-order valence-electron chi connectivity index (χ4n) is 3.43. The van der Waals surface area contributed by atoms with Crippen LogP contribution in [0.15, 0.2) is 115 Å². The van der Waals surface area contributed by atoms with Crippen LogP contribution in [0.3, 0.4) is 0 Å². The van der Waals surface area contributed by atoms with E-state index in [1.807, 2.05) is 42.5 Å². The summed E-state index contributed by atoms with van der Waals surface area (Å²) >= 11 is 0. The van der Waals surface area contributed by atoms with E-state index in [1.54, 1.807) is 0 Å². The maximum absolute atomic E-state index is 6.86. The Bertz CT molecular complexity index is 845. The van der Waals surface area contributed by atoms with Gasteiger partial charge in [-0.3, -0.25) is 0 Å². The van der Waals surface area contributed by atoms with Crippen LogP contribution in [-0.2, 0) is 0 Å². The molecule has 0 atom stereocenters. The molecule has 0 saturated heterocycles. The van der Waals surface area contributed by atoms with Crippen LogP contribution in [-0.4, -0.2) is 5.66 Å². The van der Waals surface area contributed by atoms with Crippen molar-refractivity contribution < 1.29 is 0 Å². The summed E-state index contributed by atoms with van der Waals surface area (Å²) in [6, 6.07) is 31.0. The number of anilines is 2. The highest BCUT2D eigenvalue weighted by Crippen LogP contribution is 2.35. The van der Waals surface area contributed by atoms with Crippen molar-refractivity contribution >= 4 is 11.4 Å². The van der Waals surface area contributed by atoms with E-state index in [2.05, 4.69) is 77.7 Å². The normalized spacial score (nSPS) is 21.5. The van der Waals surface area contributed by atoms with Crippen LogP contribution in [0.25, 0.3) is 0 Å². The monoisotopic (exact) mass is 338 g/mol. The Morgan fingerprint density at radius 1 is 0.615 bits per heavy atom. The van der Waals surface area contributed by atoms with Crippen molar-refractivity contribution in [3.8, 4) is 0 Å². The van der Waals surface area contributed by atoms with Crippen molar-refractivity contribution in [1.29, 1.82) is 0 Å². The van der Waals surface area contributed by atoms with Crippen LogP contribution in [0, 0.1) is 0 Å². The average molecular weight is 338 g/mol. The van der Waals surface area contributed by atoms with Gasteiger partial charge in [0.25, 0.3) is 0 Å². The molecule has 1 aliphatic rings. The van der Waals surface area contributed by atoms with Crippen LogP contribution >= 0.6 is 0 Å². The summed E-state index contributed by atoms with van der Waals surface area (Å²) in [5.41, 5.74) is 9.54. The molecule has 3 aromatic carbocycles. The molecule has 4 rings (SSSR count). The Morgan fingerprint density at radius 3 is 1.50 bits per heavy atom. The summed E-state index contributed by atoms with van der Waals surface area (Å²) in [6.07, 6.45) is 8.58. The number of rotatable bonds is 4. The highest BCUT2D eigenvalue weighted by molar-refractivity contribution is 5.68. The Morgan fingerprint density at radius 2 is 1.04 bits per heavy atom. The minimum Gasteiger partial charge on any atom is -0.316 e. The first-order chi connectivity index (χ1) is 12.8. The van der Waals surface area contributed by atoms with Crippen molar-refractivity contribution in [1.82, 2.24) is 0 Å². The molecular weight excluding hydrogens is 316 g/mol. The van der Waals surface area contributed by atoms with Crippen LogP contribution in [0.4, 0.5) is 11.4 Å². The predicted octanol–water partition coefficient (Wildman–Crippen LogP) is 5.39. The molecule has 0 spiro atoms. The number of para-hydroxylation sites is 2. The zero-order valence-electron chi connectivity index (χ0n) is 14.6. The number of hydrogen-bond acceptors (Lipinski definition) is 2. The fourth-order valence-corrected chi connectivity index (χ4v) is 3.43. The third-order valence-corrected chi connectivity index (χ3v) is 4.74. The van der Waals surface area contributed by atoms with Crippen molar-refractivity contribution in [3.63, 3.8) is 0 Å². The van der Waals surface area contributed by atoms with Crippen molar-refractivity contribution in [3.05, 3.63) is 121 Å². The SMILES string of the molecule is NC1(N(c2ccccc2)c2ccccc2)C=CC(c2ccccc2)C=C1. The summed E-state index contributed by atoms with van der Waals surface area (Å²) in [6.45, 7) is 0. The largest absolute Gasteiger partial charge is 0.316 e. The number of allylic oxidation sites excluding steroid dienone is 2. The maximum Gasteiger partial charge on any atom is 0.131 e. The van der Waals surface area contributed by atoms with Gasteiger partial charge in [0.05, 0.1) is 0 Å². The lowest BCUT2D eigenvalue weighted by atomic mass is 9.89. The van der Waals surface area contributed by atoms with Gasteiger partial charge in [-0.1, -0.05) is 78.9 Å². The fraction of sp³-hybridized carbons (Fsp3) is 0.0833. The predicted molar refractivity (Wildman–Crippen MR) is 109 cm³/mol. The Hall–Kier alpha value is -3.10. The molecule has 0 aliphatic heterocycles. The molecular formula is C24H22N2. The highest BCUT2D eigenvalue weighted by atomic mass is 15.3. The van der Waals surface area contributed by atoms with Crippen LogP contribution in [0.1, 0.15) is 11.5 Å². The third-order valence-electron chi connectivity index (χ3n) is 4.74. The lowest BCUT2D eigenvalue weighted by Gasteiger charge is -2.40. The smallest absolute Gasteiger partial charge is 0.131 e. The zero-order chi connectivity index (χ0) is 17.8. The van der Waals surface area contributed by atoms with Gasteiger partial charge in [0, 0.05) is 17.3 Å². The van der Waals surface area contributed by atoms with Crippen LogP contribution in [0.5, 0.6) is 0 Å². The minimum atomic E-state index is -0.714. The Labute approximate surface area is 154 Å². The molecule has 26 heavy (non-hydrogen) atoms. The average Bonchev–Trinajstić information content (AvgIpc) is 2.71. The summed E-state index contributed by atoms with van der Waals surface area (Å²) in [7, 11) is 0. The molecule has 2 heteroatoms. The summed E-state index contributed by atoms with van der Waals surface area (Å²) in [4.78, 5) is 2.17. The van der Waals surface area contributed by atoms with E-state index in [0.29, 0.717) is 0 Å². The maximum atomic E-state index is 6.86. The molecule has 0 aromatic heterocycles. The number of hydrogen-bond donors (Lipinski definition) is 1. The van der Waals surface area contributed by atoms with E-state index in [4.69, 9.17) is 5.73 Å². The number of nitrogens with zero attached hydrogens (tertiary/aromatic N) is 1. The summed E-state index contributed by atoms with van der Waals surface area (Å²) in [5, 5.41) is 0. The summed E-state index contributed by atoms with van der Waals surface area (Å²) < 4.78 is 0. The second-order valence-corrected chi connectivity index (χ2v) is 6.55. The van der Waals surface area contributed by atoms with E-state index in [1.165, 1.54) is 5.56 Å². The lowest BCUT2D eigenvalue weighted by Crippen LogP contribution is -2.51. The Kier molecular flexibility index (Phi) is 4.42. The molecule has 2 N–H and O–H groups in total. The van der Waals surface area contributed by atoms with E-state index >= 15 is 0 Å². The zero-order valence-corrected chi connectivity index (χ0v) is 14.6. The molecule has 0 radical (unpaired) electrons. The quantitative estimate of drug-likeness (QED) is 0.510. The van der Waals surface area contributed by atoms with Gasteiger partial charge in [-0.25, -0.2) is 0 Å². The minimum absolute atomic E-state index is 0.251. The lowest BCUT2D eigenvalue weighted by molar-refractivity contribution is 0.648. The Balaban J connectivity index is 1.72. The molecule has 2 nitrogen and oxygen atoms in total. The van der Waals surface area contributed by atoms with Crippen LogP contribution in [0.2, 0.25) is 0 Å². The second kappa shape index (κ2) is 7.03. The van der Waals surface area contributed by atoms with Gasteiger partial charge in [0.15, 0.2) is 0 Å². The van der Waals surface area contributed by atoms with Gasteiger partial charge in [0.1, 0.15) is 5.66 Å². The van der Waals surface area contributed by atoms with Crippen LogP contribution < -0.4 is 10.6 Å². The molecule has 0 amide bonds. The molecule has 0 bridgehead atoms. The van der Waals surface area contributed by atoms with E-state index < -0.39 is 5.66 Å². The van der Waals surface area contributed by atoms with E-state index in [-0.39, 0.29) is 5.92 Å². The van der Waals surface area contributed by atoms with Gasteiger partial charge in [0.2, 0.25) is 0 Å². The topological polar surface area (TPSA) is 29.3 Å². The van der Waals surface area contributed by atoms with E-state index in [9.17, 15) is 0 Å². The first-order valence-corrected chi connectivity index (χ1v) is 8.89. The van der Waals surface area contributed by atoms with Gasteiger partial charge in [-0.15, -0.1) is 0 Å². The molecule has 0 heterocycles. The highest BCUT2D eigenvalue weighted by Gasteiger charge is 2.31. The van der Waals surface area contributed by atoms with E-state index in [0.717, 1.165) is 11.4 Å². The second-order valence-electron chi connectivity index (χ2n) is 6.55. The molecule has 0 saturated carbocycles. The summed E-state index contributed by atoms with van der Waals surface area (Å²) in [5.74, 6) is 0.251. The first kappa shape index (κ1) is 16.4. The van der Waals surface area contributed by atoms with Gasteiger partial charge >= 0.3 is 0 Å². The number of nitrogens with two attached hydrogens (primary N) is 1. The van der Waals surface area contributed by atoms with Gasteiger partial charge in [-0.05, 0) is 42.0 Å². The molecule has 0 unspecified atom stereocenters. The standard InChI is InChI=1S/C24H22N2/c25-24(18-16-21(17-19-24)20-10-4-1-5-11-20)26(22-12-6-2-7-13-22)23-14-8-3-9-15-23/h1-19,21H,25H2. The van der Waals surface area contributed by atoms with Crippen molar-refractivity contribution in [2.75, 3.05) is 4.90 Å². The molecule has 0 fully saturated rings. The molecule has 1 aliphatic carbocycles. The first-order valence-electron chi connectivity index (χ1n) is 8.89. The van der Waals surface area contributed by atoms with Gasteiger partial charge < -0.3 is 10.6 Å². The molecule has 3 aromatic rings. The van der Waals surface area contributed by atoms with Crippen molar-refractivity contribution in [2.24, 2.45) is 5.73 Å². The van der Waals surface area contributed by atoms with Crippen molar-refractivity contribution in [2.45, 2.75) is 11.6 Å². The van der Waals surface area contributed by atoms with Gasteiger partial charge in [-0.2, -0.15) is 0 Å². The molecule has 128 valence electrons. The third kappa shape index (κ3) is 3.19.